The average Bonchev–Trinajstić information content (AvgIpc) is 3.05. The Kier molecular flexibility index (Phi) is 5.35. The summed E-state index contributed by atoms with van der Waals surface area (Å²) in [5.41, 5.74) is 1.33. The van der Waals surface area contributed by atoms with Gasteiger partial charge in [0.2, 0.25) is 5.82 Å². The van der Waals surface area contributed by atoms with Crippen molar-refractivity contribution in [1.29, 1.82) is 0 Å². The Bertz CT molecular complexity index is 588. The molecule has 1 atom stereocenters. The Morgan fingerprint density at radius 1 is 1.13 bits per heavy atom. The zero-order valence-electron chi connectivity index (χ0n) is 14.2. The van der Waals surface area contributed by atoms with E-state index >= 15 is 0 Å². The van der Waals surface area contributed by atoms with E-state index in [-0.39, 0.29) is 0 Å². The van der Waals surface area contributed by atoms with Crippen LogP contribution in [0.3, 0.4) is 0 Å². The molecule has 1 aliphatic rings. The van der Waals surface area contributed by atoms with Crippen molar-refractivity contribution < 1.29 is 9.80 Å². The highest BCUT2D eigenvalue weighted by atomic mass is 15.5. The summed E-state index contributed by atoms with van der Waals surface area (Å²) in [6.07, 6.45) is 2.05. The minimum atomic E-state index is 0.411. The van der Waals surface area contributed by atoms with Gasteiger partial charge >= 0.3 is 0 Å². The third-order valence-corrected chi connectivity index (χ3v) is 4.97. The van der Waals surface area contributed by atoms with Crippen LogP contribution in [0.15, 0.2) is 30.3 Å². The molecule has 0 radical (unpaired) electrons. The van der Waals surface area contributed by atoms with Gasteiger partial charge in [0.25, 0.3) is 0 Å². The van der Waals surface area contributed by atoms with Crippen LogP contribution in [0, 0.1) is 0 Å². The predicted octanol–water partition coefficient (Wildman–Crippen LogP) is -1.22. The maximum Gasteiger partial charge on any atom is 0.209 e. The van der Waals surface area contributed by atoms with Crippen molar-refractivity contribution in [2.24, 2.45) is 0 Å². The SMILES string of the molecule is CC[C@H](c1nnnn1CCc1ccccc1)[NH+]1CC[NH+](C)CC1. The van der Waals surface area contributed by atoms with E-state index < -0.39 is 0 Å². The van der Waals surface area contributed by atoms with Crippen LogP contribution >= 0.6 is 0 Å². The fourth-order valence-corrected chi connectivity index (χ4v) is 3.50. The molecule has 2 N–H and O–H groups in total. The highest BCUT2D eigenvalue weighted by molar-refractivity contribution is 5.14. The quantitative estimate of drug-likeness (QED) is 0.702. The molecule has 1 aromatic heterocycles. The Labute approximate surface area is 138 Å². The first-order valence-electron chi connectivity index (χ1n) is 8.73. The molecule has 3 rings (SSSR count). The fourth-order valence-electron chi connectivity index (χ4n) is 3.50. The Hall–Kier alpha value is -1.79. The molecule has 1 saturated heterocycles. The third-order valence-electron chi connectivity index (χ3n) is 4.97. The standard InChI is InChI=1S/C17H26N6/c1-3-16(22-13-11-21(2)12-14-22)17-18-19-20-23(17)10-9-15-7-5-4-6-8-15/h4-8,16H,3,9-14H2,1-2H3/p+2/t16-/m1/s1. The van der Waals surface area contributed by atoms with Crippen molar-refractivity contribution in [2.45, 2.75) is 32.4 Å². The van der Waals surface area contributed by atoms with Crippen molar-refractivity contribution >= 4 is 0 Å². The molecule has 1 aliphatic heterocycles. The summed E-state index contributed by atoms with van der Waals surface area (Å²) in [6, 6.07) is 11.0. The van der Waals surface area contributed by atoms with Gasteiger partial charge in [-0.2, -0.15) is 0 Å². The van der Waals surface area contributed by atoms with E-state index in [1.54, 1.807) is 9.80 Å². The summed E-state index contributed by atoms with van der Waals surface area (Å²) in [5, 5.41) is 12.6. The number of aromatic nitrogens is 4. The van der Waals surface area contributed by atoms with Crippen LogP contribution in [-0.2, 0) is 13.0 Å². The topological polar surface area (TPSA) is 52.5 Å². The minimum Gasteiger partial charge on any atom is -0.328 e. The molecule has 1 aromatic carbocycles. The second-order valence-corrected chi connectivity index (χ2v) is 6.57. The number of nitrogens with one attached hydrogen (secondary N) is 2. The molecule has 6 nitrogen and oxygen atoms in total. The molecule has 0 saturated carbocycles. The highest BCUT2D eigenvalue weighted by Gasteiger charge is 2.31. The summed E-state index contributed by atoms with van der Waals surface area (Å²) < 4.78 is 2.01. The van der Waals surface area contributed by atoms with Gasteiger partial charge in [-0.15, -0.1) is 5.10 Å². The van der Waals surface area contributed by atoms with Crippen LogP contribution in [0.2, 0.25) is 0 Å². The molecule has 0 aliphatic carbocycles. The van der Waals surface area contributed by atoms with Crippen LogP contribution in [0.5, 0.6) is 0 Å². The van der Waals surface area contributed by atoms with Crippen LogP contribution in [0.1, 0.15) is 30.8 Å². The van der Waals surface area contributed by atoms with Gasteiger partial charge in [-0.1, -0.05) is 37.3 Å². The van der Waals surface area contributed by atoms with Gasteiger partial charge in [0.05, 0.1) is 7.05 Å². The lowest BCUT2D eigenvalue weighted by atomic mass is 10.1. The van der Waals surface area contributed by atoms with Crippen molar-refractivity contribution in [3.63, 3.8) is 0 Å². The second kappa shape index (κ2) is 7.66. The summed E-state index contributed by atoms with van der Waals surface area (Å²) >= 11 is 0. The molecular formula is C17H28N6+2. The number of tetrazole rings is 1. The monoisotopic (exact) mass is 316 g/mol. The van der Waals surface area contributed by atoms with E-state index in [2.05, 4.69) is 59.8 Å². The number of piperazine rings is 1. The molecule has 2 heterocycles. The Morgan fingerprint density at radius 2 is 1.87 bits per heavy atom. The average molecular weight is 316 g/mol. The van der Waals surface area contributed by atoms with Gasteiger partial charge < -0.3 is 9.80 Å². The van der Waals surface area contributed by atoms with Gasteiger partial charge in [-0.05, 0) is 22.4 Å². The third kappa shape index (κ3) is 3.95. The molecule has 6 heteroatoms. The van der Waals surface area contributed by atoms with Crippen molar-refractivity contribution in [2.75, 3.05) is 33.2 Å². The number of likely N-dealkylation sites (N-methyl/N-ethyl adjacent to an activating group) is 1. The number of benzene rings is 1. The molecule has 0 amide bonds. The zero-order valence-corrected chi connectivity index (χ0v) is 14.2. The molecular weight excluding hydrogens is 288 g/mol. The van der Waals surface area contributed by atoms with Crippen LogP contribution in [0.4, 0.5) is 0 Å². The molecule has 23 heavy (non-hydrogen) atoms. The number of hydrogen-bond acceptors (Lipinski definition) is 3. The van der Waals surface area contributed by atoms with Gasteiger partial charge in [-0.25, -0.2) is 4.68 Å². The van der Waals surface area contributed by atoms with E-state index in [0.717, 1.165) is 25.2 Å². The van der Waals surface area contributed by atoms with E-state index in [4.69, 9.17) is 0 Å². The van der Waals surface area contributed by atoms with Crippen molar-refractivity contribution in [3.05, 3.63) is 41.7 Å². The summed E-state index contributed by atoms with van der Waals surface area (Å²) in [7, 11) is 2.28. The molecule has 1 fully saturated rings. The van der Waals surface area contributed by atoms with Gasteiger partial charge in [-0.3, -0.25) is 0 Å². The summed E-state index contributed by atoms with van der Waals surface area (Å²) in [5.74, 6) is 1.05. The first kappa shape index (κ1) is 16.1. The maximum absolute atomic E-state index is 4.37. The van der Waals surface area contributed by atoms with E-state index in [1.165, 1.54) is 31.7 Å². The summed E-state index contributed by atoms with van der Waals surface area (Å²) in [4.78, 5) is 3.26. The number of nitrogens with zero attached hydrogens (tertiary/aromatic N) is 4. The normalized spacial score (nSPS) is 22.9. The van der Waals surface area contributed by atoms with E-state index in [0.29, 0.717) is 6.04 Å². The van der Waals surface area contributed by atoms with Gasteiger partial charge in [0.1, 0.15) is 32.2 Å². The molecule has 2 aromatic rings. The van der Waals surface area contributed by atoms with Crippen molar-refractivity contribution in [1.82, 2.24) is 20.2 Å². The van der Waals surface area contributed by atoms with Crippen LogP contribution in [-0.4, -0.2) is 53.4 Å². The number of aryl methyl sites for hydroxylation is 2. The minimum absolute atomic E-state index is 0.411. The maximum atomic E-state index is 4.37. The van der Waals surface area contributed by atoms with Crippen molar-refractivity contribution in [3.8, 4) is 0 Å². The number of quaternary nitrogens is 2. The molecule has 0 spiro atoms. The highest BCUT2D eigenvalue weighted by Crippen LogP contribution is 2.10. The fraction of sp³-hybridized carbons (Fsp3) is 0.588. The molecule has 124 valence electrons. The molecule has 0 bridgehead atoms. The first-order valence-corrected chi connectivity index (χ1v) is 8.73. The first-order chi connectivity index (χ1) is 11.3. The smallest absolute Gasteiger partial charge is 0.209 e. The zero-order chi connectivity index (χ0) is 16.1. The predicted molar refractivity (Wildman–Crippen MR) is 88.3 cm³/mol. The van der Waals surface area contributed by atoms with Crippen LogP contribution in [0.25, 0.3) is 0 Å². The summed E-state index contributed by atoms with van der Waals surface area (Å²) in [6.45, 7) is 7.97. The lowest BCUT2D eigenvalue weighted by molar-refractivity contribution is -1.02. The lowest BCUT2D eigenvalue weighted by Gasteiger charge is -2.32. The Morgan fingerprint density at radius 3 is 2.57 bits per heavy atom. The van der Waals surface area contributed by atoms with E-state index in [9.17, 15) is 0 Å². The van der Waals surface area contributed by atoms with Gasteiger partial charge in [0, 0.05) is 13.0 Å². The lowest BCUT2D eigenvalue weighted by Crippen LogP contribution is -3.27. The van der Waals surface area contributed by atoms with Crippen LogP contribution < -0.4 is 9.80 Å². The second-order valence-electron chi connectivity index (χ2n) is 6.57. The number of hydrogen-bond donors (Lipinski definition) is 2. The Balaban J connectivity index is 1.68. The van der Waals surface area contributed by atoms with Gasteiger partial charge in [0.15, 0.2) is 0 Å². The number of rotatable bonds is 6. The largest absolute Gasteiger partial charge is 0.328 e. The van der Waals surface area contributed by atoms with E-state index in [1.807, 2.05) is 4.68 Å². The molecule has 0 unspecified atom stereocenters.